The summed E-state index contributed by atoms with van der Waals surface area (Å²) in [5, 5.41) is 2.78. The highest BCUT2D eigenvalue weighted by molar-refractivity contribution is 7.98. The molecule has 0 aliphatic rings. The van der Waals surface area contributed by atoms with Crippen LogP contribution in [0.3, 0.4) is 0 Å². The number of aryl methyl sites for hydroxylation is 1. The first-order valence-electron chi connectivity index (χ1n) is 10.5. The largest absolute Gasteiger partial charge is 0.457 e. The maximum atomic E-state index is 14.6. The summed E-state index contributed by atoms with van der Waals surface area (Å²) in [5.74, 6) is -0.437. The molecule has 176 valence electrons. The van der Waals surface area contributed by atoms with Crippen molar-refractivity contribution in [2.75, 3.05) is 25.7 Å². The van der Waals surface area contributed by atoms with Crippen LogP contribution in [0, 0.1) is 12.7 Å². The summed E-state index contributed by atoms with van der Waals surface area (Å²) in [5.41, 5.74) is 2.07. The van der Waals surface area contributed by atoms with Gasteiger partial charge in [-0.1, -0.05) is 18.2 Å². The molecule has 2 amide bonds. The Bertz CT molecular complexity index is 1240. The Labute approximate surface area is 202 Å². The maximum Gasteiger partial charge on any atom is 0.256 e. The zero-order valence-corrected chi connectivity index (χ0v) is 20.5. The van der Waals surface area contributed by atoms with Crippen LogP contribution >= 0.6 is 11.8 Å². The molecule has 0 aliphatic carbocycles. The number of hydrogen-bond acceptors (Lipinski definition) is 5. The summed E-state index contributed by atoms with van der Waals surface area (Å²) in [6.07, 6.45) is 7.30. The fourth-order valence-electron chi connectivity index (χ4n) is 3.15. The number of carbonyl (C=O) groups excluding carboxylic acids is 2. The van der Waals surface area contributed by atoms with Crippen LogP contribution in [0.1, 0.15) is 38.8 Å². The second-order valence-corrected chi connectivity index (χ2v) is 8.56. The minimum absolute atomic E-state index is 0.0467. The van der Waals surface area contributed by atoms with Crippen LogP contribution in [0.5, 0.6) is 11.5 Å². The highest BCUT2D eigenvalue weighted by Crippen LogP contribution is 2.35. The number of pyridine rings is 1. The lowest BCUT2D eigenvalue weighted by molar-refractivity contribution is 0.0822. The Morgan fingerprint density at radius 1 is 1.15 bits per heavy atom. The van der Waals surface area contributed by atoms with E-state index in [0.717, 1.165) is 22.1 Å². The average Bonchev–Trinajstić information content (AvgIpc) is 2.81. The predicted octanol–water partition coefficient (Wildman–Crippen LogP) is 6.03. The summed E-state index contributed by atoms with van der Waals surface area (Å²) < 4.78 is 20.6. The molecule has 3 rings (SSSR count). The molecule has 8 heteroatoms. The summed E-state index contributed by atoms with van der Waals surface area (Å²) in [4.78, 5) is 31.4. The summed E-state index contributed by atoms with van der Waals surface area (Å²) >= 11 is 1.46. The van der Waals surface area contributed by atoms with E-state index < -0.39 is 11.7 Å². The molecule has 0 radical (unpaired) electrons. The normalized spacial score (nSPS) is 10.9. The number of allylic oxidation sites excluding steroid dienone is 1. The second-order valence-electron chi connectivity index (χ2n) is 7.71. The van der Waals surface area contributed by atoms with E-state index in [1.807, 2.05) is 38.3 Å². The van der Waals surface area contributed by atoms with Crippen molar-refractivity contribution in [2.24, 2.45) is 0 Å². The van der Waals surface area contributed by atoms with Crippen molar-refractivity contribution < 1.29 is 18.7 Å². The Morgan fingerprint density at radius 2 is 1.91 bits per heavy atom. The Balaban J connectivity index is 1.98. The zero-order valence-electron chi connectivity index (χ0n) is 19.7. The number of carbonyl (C=O) groups is 2. The first-order valence-corrected chi connectivity index (χ1v) is 11.7. The number of rotatable bonds is 7. The highest BCUT2D eigenvalue weighted by atomic mass is 32.2. The SMILES string of the molecule is C/C=C/c1c(Oc2ccc(C(=O)N(C)C)c(F)c2)cc(C(=O)Nc2ccc(C)cn2)cc1SC. The number of benzene rings is 2. The molecule has 0 spiro atoms. The summed E-state index contributed by atoms with van der Waals surface area (Å²) in [6, 6.07) is 11.0. The van der Waals surface area contributed by atoms with Crippen LogP contribution in [-0.2, 0) is 0 Å². The van der Waals surface area contributed by atoms with E-state index in [1.165, 1.54) is 28.8 Å². The number of thioether (sulfide) groups is 1. The third-order valence-corrected chi connectivity index (χ3v) is 5.66. The van der Waals surface area contributed by atoms with Crippen molar-refractivity contribution in [3.8, 4) is 11.5 Å². The van der Waals surface area contributed by atoms with Gasteiger partial charge in [-0.3, -0.25) is 9.59 Å². The van der Waals surface area contributed by atoms with Gasteiger partial charge in [-0.2, -0.15) is 0 Å². The van der Waals surface area contributed by atoms with Gasteiger partial charge in [0.25, 0.3) is 11.8 Å². The van der Waals surface area contributed by atoms with Gasteiger partial charge in [0.15, 0.2) is 0 Å². The Kier molecular flexibility index (Phi) is 8.07. The molecule has 1 N–H and O–H groups in total. The van der Waals surface area contributed by atoms with Crippen molar-refractivity contribution in [3.05, 3.63) is 82.8 Å². The lowest BCUT2D eigenvalue weighted by atomic mass is 10.1. The van der Waals surface area contributed by atoms with E-state index in [2.05, 4.69) is 10.3 Å². The second kappa shape index (κ2) is 11.0. The van der Waals surface area contributed by atoms with E-state index in [-0.39, 0.29) is 17.2 Å². The van der Waals surface area contributed by atoms with Gasteiger partial charge in [0, 0.05) is 42.4 Å². The van der Waals surface area contributed by atoms with Gasteiger partial charge < -0.3 is 15.0 Å². The smallest absolute Gasteiger partial charge is 0.256 e. The maximum absolute atomic E-state index is 14.6. The Hall–Kier alpha value is -3.65. The number of ether oxygens (including phenoxy) is 1. The molecule has 0 fully saturated rings. The molecule has 2 aromatic carbocycles. The summed E-state index contributed by atoms with van der Waals surface area (Å²) in [7, 11) is 3.12. The highest BCUT2D eigenvalue weighted by Gasteiger charge is 2.18. The van der Waals surface area contributed by atoms with Crippen LogP contribution in [0.4, 0.5) is 10.2 Å². The van der Waals surface area contributed by atoms with Gasteiger partial charge in [-0.15, -0.1) is 11.8 Å². The predicted molar refractivity (Wildman–Crippen MR) is 134 cm³/mol. The molecule has 0 saturated carbocycles. The number of amides is 2. The minimum atomic E-state index is -0.687. The van der Waals surface area contributed by atoms with Gasteiger partial charge in [0.1, 0.15) is 23.1 Å². The van der Waals surface area contributed by atoms with Crippen LogP contribution in [0.2, 0.25) is 0 Å². The minimum Gasteiger partial charge on any atom is -0.457 e. The fourth-order valence-corrected chi connectivity index (χ4v) is 3.78. The van der Waals surface area contributed by atoms with E-state index in [9.17, 15) is 14.0 Å². The van der Waals surface area contributed by atoms with Gasteiger partial charge in [-0.05, 0) is 56.0 Å². The third-order valence-electron chi connectivity index (χ3n) is 4.88. The number of nitrogens with zero attached hydrogens (tertiary/aromatic N) is 2. The molecular weight excluding hydrogens is 453 g/mol. The van der Waals surface area contributed by atoms with Crippen molar-refractivity contribution in [1.82, 2.24) is 9.88 Å². The van der Waals surface area contributed by atoms with Gasteiger partial charge in [0.05, 0.1) is 5.56 Å². The number of anilines is 1. The first kappa shape index (κ1) is 25.0. The molecule has 0 saturated heterocycles. The van der Waals surface area contributed by atoms with E-state index in [1.54, 1.807) is 38.5 Å². The lowest BCUT2D eigenvalue weighted by Crippen LogP contribution is -2.22. The molecule has 0 aliphatic heterocycles. The average molecular weight is 480 g/mol. The van der Waals surface area contributed by atoms with Crippen LogP contribution in [-0.4, -0.2) is 42.0 Å². The van der Waals surface area contributed by atoms with E-state index in [4.69, 9.17) is 4.74 Å². The first-order chi connectivity index (χ1) is 16.2. The van der Waals surface area contributed by atoms with E-state index >= 15 is 0 Å². The number of hydrogen-bond donors (Lipinski definition) is 1. The fraction of sp³-hybridized carbons (Fsp3) is 0.192. The molecule has 1 heterocycles. The van der Waals surface area contributed by atoms with E-state index in [0.29, 0.717) is 17.1 Å². The van der Waals surface area contributed by atoms with Crippen molar-refractivity contribution in [2.45, 2.75) is 18.7 Å². The Morgan fingerprint density at radius 3 is 2.50 bits per heavy atom. The molecule has 1 aromatic heterocycles. The van der Waals surface area contributed by atoms with Crippen LogP contribution < -0.4 is 10.1 Å². The van der Waals surface area contributed by atoms with Crippen LogP contribution in [0.25, 0.3) is 6.08 Å². The number of aromatic nitrogens is 1. The monoisotopic (exact) mass is 479 g/mol. The lowest BCUT2D eigenvalue weighted by Gasteiger charge is -2.16. The molecule has 6 nitrogen and oxygen atoms in total. The number of nitrogens with one attached hydrogen (secondary N) is 1. The van der Waals surface area contributed by atoms with Crippen LogP contribution in [0.15, 0.2) is 59.6 Å². The summed E-state index contributed by atoms with van der Waals surface area (Å²) in [6.45, 7) is 3.79. The van der Waals surface area contributed by atoms with Gasteiger partial charge in [-0.25, -0.2) is 9.37 Å². The van der Waals surface area contributed by atoms with Crippen molar-refractivity contribution >= 4 is 35.5 Å². The van der Waals surface area contributed by atoms with Gasteiger partial charge >= 0.3 is 0 Å². The number of halogens is 1. The standard InChI is InChI=1S/C26H26FN3O3S/c1-6-7-20-22(33-18-9-10-19(21(27)14-18)26(32)30(3)4)12-17(13-23(20)34-5)25(31)29-24-11-8-16(2)15-28-24/h6-15H,1-5H3,(H,28,29,31)/b7-6+. The molecule has 0 bridgehead atoms. The van der Waals surface area contributed by atoms with Gasteiger partial charge in [0.2, 0.25) is 0 Å². The quantitative estimate of drug-likeness (QED) is 0.419. The van der Waals surface area contributed by atoms with Crippen molar-refractivity contribution in [1.29, 1.82) is 0 Å². The molecule has 0 unspecified atom stereocenters. The molecule has 0 atom stereocenters. The molecule has 34 heavy (non-hydrogen) atoms. The topological polar surface area (TPSA) is 71.5 Å². The zero-order chi connectivity index (χ0) is 24.8. The third kappa shape index (κ3) is 5.82. The molecular formula is C26H26FN3O3S. The van der Waals surface area contributed by atoms with Crippen molar-refractivity contribution in [3.63, 3.8) is 0 Å². The molecule has 3 aromatic rings.